The van der Waals surface area contributed by atoms with Crippen LogP contribution in [0.4, 0.5) is 4.79 Å². The fourth-order valence-corrected chi connectivity index (χ4v) is 4.24. The molecule has 0 aromatic rings. The number of methoxy groups -OCH3 is 1. The molecular formula is C13H20INO4. The first-order chi connectivity index (χ1) is 9.06. The summed E-state index contributed by atoms with van der Waals surface area (Å²) in [5.74, 6) is 0.672. The van der Waals surface area contributed by atoms with Gasteiger partial charge >= 0.3 is 12.1 Å². The molecule has 0 bridgehead atoms. The van der Waals surface area contributed by atoms with Crippen LogP contribution >= 0.6 is 22.6 Å². The third kappa shape index (κ3) is 3.14. The van der Waals surface area contributed by atoms with Gasteiger partial charge in [-0.2, -0.15) is 0 Å². The van der Waals surface area contributed by atoms with Gasteiger partial charge in [0.25, 0.3) is 0 Å². The van der Waals surface area contributed by atoms with E-state index in [1.54, 1.807) is 0 Å². The zero-order valence-corrected chi connectivity index (χ0v) is 13.2. The Bertz CT molecular complexity index is 363. The number of hydrogen-bond donors (Lipinski definition) is 1. The smallest absolute Gasteiger partial charge is 0.410 e. The number of nitrogens with zero attached hydrogens (tertiary/aromatic N) is 1. The number of ether oxygens (including phenoxy) is 1. The van der Waals surface area contributed by atoms with Crippen LogP contribution in [-0.4, -0.2) is 46.2 Å². The molecule has 1 N–H and O–H groups in total. The number of fused-ring (bicyclic) bond motifs is 1. The van der Waals surface area contributed by atoms with E-state index in [1.165, 1.54) is 18.4 Å². The lowest BCUT2D eigenvalue weighted by molar-refractivity contribution is -0.146. The molecule has 3 unspecified atom stereocenters. The lowest BCUT2D eigenvalue weighted by Crippen LogP contribution is -2.54. The maximum atomic E-state index is 11.7. The number of likely N-dealkylation sites (tertiary alicyclic amines) is 1. The second-order valence-corrected chi connectivity index (χ2v) is 6.45. The van der Waals surface area contributed by atoms with Crippen LogP contribution in [0.1, 0.15) is 25.7 Å². The number of aliphatic carboxylic acids is 1. The van der Waals surface area contributed by atoms with Gasteiger partial charge in [-0.15, -0.1) is 0 Å². The molecule has 0 radical (unpaired) electrons. The monoisotopic (exact) mass is 381 g/mol. The van der Waals surface area contributed by atoms with Gasteiger partial charge in [0.05, 0.1) is 7.11 Å². The number of halogens is 1. The minimum atomic E-state index is -0.916. The van der Waals surface area contributed by atoms with E-state index in [-0.39, 0.29) is 0 Å². The van der Waals surface area contributed by atoms with E-state index >= 15 is 0 Å². The SMILES string of the molecule is COC(=O)N1C[C@@H]2CCC(CI)CC2CC1C(=O)O. The molecule has 1 aliphatic heterocycles. The fraction of sp³-hybridized carbons (Fsp3) is 0.846. The van der Waals surface area contributed by atoms with E-state index in [9.17, 15) is 14.7 Å². The standard InChI is InChI=1S/C13H20INO4/c1-19-13(18)15-7-9-3-2-8(6-14)4-10(9)5-11(15)12(16)17/h8-11H,2-7H2,1H3,(H,16,17)/t8?,9-,10?,11?/m0/s1. The molecule has 2 aliphatic rings. The van der Waals surface area contributed by atoms with Gasteiger partial charge in [0.1, 0.15) is 6.04 Å². The normalized spacial score (nSPS) is 34.5. The van der Waals surface area contributed by atoms with Gasteiger partial charge in [0, 0.05) is 11.0 Å². The van der Waals surface area contributed by atoms with E-state index in [4.69, 9.17) is 4.74 Å². The number of carbonyl (C=O) groups excluding carboxylic acids is 1. The van der Waals surface area contributed by atoms with Crippen LogP contribution in [0.3, 0.4) is 0 Å². The van der Waals surface area contributed by atoms with Crippen LogP contribution in [0.2, 0.25) is 0 Å². The lowest BCUT2D eigenvalue weighted by Gasteiger charge is -2.45. The molecule has 1 heterocycles. The highest BCUT2D eigenvalue weighted by Crippen LogP contribution is 2.41. The summed E-state index contributed by atoms with van der Waals surface area (Å²) in [5.41, 5.74) is 0. The molecule has 19 heavy (non-hydrogen) atoms. The molecular weight excluding hydrogens is 361 g/mol. The number of alkyl halides is 1. The predicted molar refractivity (Wildman–Crippen MR) is 78.4 cm³/mol. The number of carbonyl (C=O) groups is 2. The van der Waals surface area contributed by atoms with Crippen molar-refractivity contribution in [3.05, 3.63) is 0 Å². The predicted octanol–water partition coefficient (Wildman–Crippen LogP) is 2.38. The van der Waals surface area contributed by atoms with Gasteiger partial charge in [0.15, 0.2) is 0 Å². The average Bonchev–Trinajstić information content (AvgIpc) is 2.44. The number of hydrogen-bond acceptors (Lipinski definition) is 3. The second-order valence-electron chi connectivity index (χ2n) is 5.57. The largest absolute Gasteiger partial charge is 0.480 e. The molecule has 1 saturated heterocycles. The topological polar surface area (TPSA) is 66.8 Å². The van der Waals surface area contributed by atoms with E-state index in [1.807, 2.05) is 0 Å². The maximum absolute atomic E-state index is 11.7. The number of amides is 1. The molecule has 0 aromatic heterocycles. The minimum Gasteiger partial charge on any atom is -0.480 e. The van der Waals surface area contributed by atoms with E-state index in [0.717, 1.165) is 17.3 Å². The highest BCUT2D eigenvalue weighted by Gasteiger charge is 2.43. The van der Waals surface area contributed by atoms with Gasteiger partial charge in [-0.1, -0.05) is 22.6 Å². The van der Waals surface area contributed by atoms with Crippen molar-refractivity contribution in [1.82, 2.24) is 4.90 Å². The zero-order valence-electron chi connectivity index (χ0n) is 11.0. The van der Waals surface area contributed by atoms with Crippen molar-refractivity contribution >= 4 is 34.7 Å². The summed E-state index contributed by atoms with van der Waals surface area (Å²) in [7, 11) is 1.31. The third-order valence-electron chi connectivity index (χ3n) is 4.49. The first-order valence-electron chi connectivity index (χ1n) is 6.70. The summed E-state index contributed by atoms with van der Waals surface area (Å²) >= 11 is 2.41. The van der Waals surface area contributed by atoms with Crippen molar-refractivity contribution in [2.45, 2.75) is 31.7 Å². The van der Waals surface area contributed by atoms with Crippen molar-refractivity contribution in [3.63, 3.8) is 0 Å². The summed E-state index contributed by atoms with van der Waals surface area (Å²) in [6.07, 6.45) is 3.45. The van der Waals surface area contributed by atoms with Crippen molar-refractivity contribution in [3.8, 4) is 0 Å². The van der Waals surface area contributed by atoms with Crippen LogP contribution in [0, 0.1) is 17.8 Å². The average molecular weight is 381 g/mol. The van der Waals surface area contributed by atoms with Crippen LogP contribution in [0.15, 0.2) is 0 Å². The Morgan fingerprint density at radius 1 is 1.32 bits per heavy atom. The first-order valence-corrected chi connectivity index (χ1v) is 8.22. The molecule has 1 amide bonds. The Balaban J connectivity index is 2.10. The van der Waals surface area contributed by atoms with Gasteiger partial charge in [-0.25, -0.2) is 9.59 Å². The quantitative estimate of drug-likeness (QED) is 0.589. The van der Waals surface area contributed by atoms with Gasteiger partial charge in [-0.05, 0) is 43.4 Å². The molecule has 1 saturated carbocycles. The Labute approximate surface area is 126 Å². The Hall–Kier alpha value is -0.530. The Morgan fingerprint density at radius 3 is 2.63 bits per heavy atom. The number of carboxylic acids is 1. The third-order valence-corrected chi connectivity index (χ3v) is 5.74. The lowest BCUT2D eigenvalue weighted by atomic mass is 9.69. The number of rotatable bonds is 2. The molecule has 5 nitrogen and oxygen atoms in total. The van der Waals surface area contributed by atoms with Crippen molar-refractivity contribution in [1.29, 1.82) is 0 Å². The summed E-state index contributed by atoms with van der Waals surface area (Å²) in [4.78, 5) is 24.5. The molecule has 1 aliphatic carbocycles. The van der Waals surface area contributed by atoms with Crippen LogP contribution in [0.5, 0.6) is 0 Å². The van der Waals surface area contributed by atoms with Crippen LogP contribution in [-0.2, 0) is 9.53 Å². The molecule has 0 aromatic carbocycles. The van der Waals surface area contributed by atoms with Crippen LogP contribution in [0.25, 0.3) is 0 Å². The summed E-state index contributed by atoms with van der Waals surface area (Å²) in [5, 5.41) is 9.32. The number of piperidine rings is 1. The first kappa shape index (κ1) is 14.9. The van der Waals surface area contributed by atoms with Gasteiger partial charge in [0.2, 0.25) is 0 Å². The molecule has 2 rings (SSSR count). The fourth-order valence-electron chi connectivity index (χ4n) is 3.44. The van der Waals surface area contributed by atoms with Gasteiger partial charge in [-0.3, -0.25) is 4.90 Å². The van der Waals surface area contributed by atoms with E-state index < -0.39 is 18.1 Å². The summed E-state index contributed by atoms with van der Waals surface area (Å²) < 4.78 is 5.85. The summed E-state index contributed by atoms with van der Waals surface area (Å²) in [6.45, 7) is 0.530. The zero-order chi connectivity index (χ0) is 14.0. The van der Waals surface area contributed by atoms with Gasteiger partial charge < -0.3 is 9.84 Å². The number of carboxylic acid groups (broad SMARTS) is 1. The molecule has 108 valence electrons. The second kappa shape index (κ2) is 6.28. The summed E-state index contributed by atoms with van der Waals surface area (Å²) in [6, 6.07) is -0.721. The van der Waals surface area contributed by atoms with Crippen molar-refractivity contribution < 1.29 is 19.4 Å². The highest BCUT2D eigenvalue weighted by atomic mass is 127. The minimum absolute atomic E-state index is 0.439. The Morgan fingerprint density at radius 2 is 2.05 bits per heavy atom. The molecule has 2 fully saturated rings. The maximum Gasteiger partial charge on any atom is 0.410 e. The highest BCUT2D eigenvalue weighted by molar-refractivity contribution is 14.1. The molecule has 4 atom stereocenters. The van der Waals surface area contributed by atoms with Crippen molar-refractivity contribution in [2.75, 3.05) is 18.1 Å². The van der Waals surface area contributed by atoms with Crippen molar-refractivity contribution in [2.24, 2.45) is 17.8 Å². The Kier molecular flexibility index (Phi) is 4.92. The molecule has 0 spiro atoms. The molecule has 6 heteroatoms. The van der Waals surface area contributed by atoms with Crippen LogP contribution < -0.4 is 0 Å². The van der Waals surface area contributed by atoms with E-state index in [2.05, 4.69) is 22.6 Å². The van der Waals surface area contributed by atoms with E-state index in [0.29, 0.717) is 30.7 Å².